The molecule has 1 heteroatoms. The van der Waals surface area contributed by atoms with Gasteiger partial charge in [-0.25, -0.2) is 0 Å². The van der Waals surface area contributed by atoms with Gasteiger partial charge in [-0.3, -0.25) is 0 Å². The molecule has 1 heterocycles. The Morgan fingerprint density at radius 2 is 1.29 bits per heavy atom. The van der Waals surface area contributed by atoms with Gasteiger partial charge in [0.25, 0.3) is 0 Å². The minimum Gasteiger partial charge on any atom is -0.135 e. The molecule has 3 rings (SSSR count). The summed E-state index contributed by atoms with van der Waals surface area (Å²) in [6, 6.07) is 13.6. The standard InChI is InChI=1S/C20H24S/c1-19(2,3)14-10-8-12-16-17(14)13-9-7-11-15(18(13)21-16)20(4,5)6/h7-12H,1-6H3. The molecule has 3 aromatic rings. The summed E-state index contributed by atoms with van der Waals surface area (Å²) >= 11 is 1.95. The Bertz CT molecular complexity index is 807. The molecule has 0 fully saturated rings. The van der Waals surface area contributed by atoms with Gasteiger partial charge in [-0.05, 0) is 28.0 Å². The molecular formula is C20H24S. The van der Waals surface area contributed by atoms with E-state index in [0.29, 0.717) is 0 Å². The highest BCUT2D eigenvalue weighted by Gasteiger charge is 2.23. The Balaban J connectivity index is 2.48. The first-order valence-corrected chi connectivity index (χ1v) is 8.46. The predicted molar refractivity (Wildman–Crippen MR) is 96.7 cm³/mol. The molecule has 0 aliphatic rings. The van der Waals surface area contributed by atoms with Gasteiger partial charge in [0.2, 0.25) is 0 Å². The molecule has 0 nitrogen and oxygen atoms in total. The van der Waals surface area contributed by atoms with Crippen molar-refractivity contribution in [3.05, 3.63) is 47.5 Å². The second-order valence-corrected chi connectivity index (χ2v) is 9.02. The molecule has 0 saturated heterocycles. The summed E-state index contributed by atoms with van der Waals surface area (Å²) < 4.78 is 2.87. The van der Waals surface area contributed by atoms with Gasteiger partial charge in [0, 0.05) is 20.2 Å². The first-order valence-electron chi connectivity index (χ1n) is 7.65. The van der Waals surface area contributed by atoms with E-state index < -0.39 is 0 Å². The van der Waals surface area contributed by atoms with Crippen molar-refractivity contribution in [3.8, 4) is 0 Å². The van der Waals surface area contributed by atoms with Gasteiger partial charge < -0.3 is 0 Å². The second kappa shape index (κ2) is 4.58. The van der Waals surface area contributed by atoms with E-state index in [1.807, 2.05) is 11.3 Å². The van der Waals surface area contributed by atoms with E-state index in [2.05, 4.69) is 77.9 Å². The third-order valence-electron chi connectivity index (χ3n) is 4.14. The molecule has 0 radical (unpaired) electrons. The van der Waals surface area contributed by atoms with Gasteiger partial charge in [-0.2, -0.15) is 0 Å². The van der Waals surface area contributed by atoms with Crippen molar-refractivity contribution in [1.29, 1.82) is 0 Å². The first kappa shape index (κ1) is 14.6. The van der Waals surface area contributed by atoms with Crippen LogP contribution in [0.15, 0.2) is 36.4 Å². The fraction of sp³-hybridized carbons (Fsp3) is 0.400. The van der Waals surface area contributed by atoms with Crippen LogP contribution in [0.25, 0.3) is 20.2 Å². The van der Waals surface area contributed by atoms with Crippen LogP contribution in [-0.4, -0.2) is 0 Å². The summed E-state index contributed by atoms with van der Waals surface area (Å²) in [6.07, 6.45) is 0. The number of benzene rings is 2. The smallest absolute Gasteiger partial charge is 0.0392 e. The van der Waals surface area contributed by atoms with Crippen LogP contribution in [0.2, 0.25) is 0 Å². The lowest BCUT2D eigenvalue weighted by molar-refractivity contribution is 0.596. The van der Waals surface area contributed by atoms with Crippen LogP contribution in [0.3, 0.4) is 0 Å². The summed E-state index contributed by atoms with van der Waals surface area (Å²) in [4.78, 5) is 0. The van der Waals surface area contributed by atoms with E-state index in [4.69, 9.17) is 0 Å². The fourth-order valence-corrected chi connectivity index (χ4v) is 4.52. The molecule has 0 aliphatic heterocycles. The van der Waals surface area contributed by atoms with Crippen LogP contribution in [0.5, 0.6) is 0 Å². The minimum atomic E-state index is 0.172. The van der Waals surface area contributed by atoms with E-state index in [-0.39, 0.29) is 10.8 Å². The molecular weight excluding hydrogens is 272 g/mol. The molecule has 2 aromatic carbocycles. The average Bonchev–Trinajstić information content (AvgIpc) is 2.74. The van der Waals surface area contributed by atoms with Gasteiger partial charge in [-0.1, -0.05) is 71.9 Å². The zero-order valence-electron chi connectivity index (χ0n) is 13.9. The lowest BCUT2D eigenvalue weighted by Gasteiger charge is -2.21. The zero-order valence-corrected chi connectivity index (χ0v) is 14.7. The van der Waals surface area contributed by atoms with E-state index in [0.717, 1.165) is 0 Å². The van der Waals surface area contributed by atoms with Crippen LogP contribution in [-0.2, 0) is 10.8 Å². The maximum absolute atomic E-state index is 2.30. The largest absolute Gasteiger partial charge is 0.135 e. The van der Waals surface area contributed by atoms with Crippen molar-refractivity contribution in [3.63, 3.8) is 0 Å². The highest BCUT2D eigenvalue weighted by atomic mass is 32.1. The quantitative estimate of drug-likeness (QED) is 0.435. The molecule has 0 N–H and O–H groups in total. The average molecular weight is 296 g/mol. The first-order chi connectivity index (χ1) is 9.69. The SMILES string of the molecule is CC(C)(C)c1cccc2c1sc1cccc(C(C)(C)C)c12. The number of hydrogen-bond donors (Lipinski definition) is 0. The van der Waals surface area contributed by atoms with Gasteiger partial charge in [-0.15, -0.1) is 11.3 Å². The van der Waals surface area contributed by atoms with Crippen LogP contribution in [0, 0.1) is 0 Å². The summed E-state index contributed by atoms with van der Waals surface area (Å²) in [7, 11) is 0. The van der Waals surface area contributed by atoms with Crippen LogP contribution < -0.4 is 0 Å². The normalized spacial score (nSPS) is 13.2. The zero-order chi connectivity index (χ0) is 15.4. The fourth-order valence-electron chi connectivity index (χ4n) is 3.06. The van der Waals surface area contributed by atoms with Gasteiger partial charge >= 0.3 is 0 Å². The van der Waals surface area contributed by atoms with Crippen molar-refractivity contribution in [2.75, 3.05) is 0 Å². The molecule has 0 spiro atoms. The summed E-state index contributed by atoms with van der Waals surface area (Å²) in [5.41, 5.74) is 3.27. The maximum Gasteiger partial charge on any atom is 0.0392 e. The molecule has 0 saturated carbocycles. The molecule has 0 atom stereocenters. The summed E-state index contributed by atoms with van der Waals surface area (Å²) in [6.45, 7) is 13.8. The van der Waals surface area contributed by atoms with E-state index >= 15 is 0 Å². The van der Waals surface area contributed by atoms with Crippen molar-refractivity contribution in [1.82, 2.24) is 0 Å². The minimum absolute atomic E-state index is 0.172. The summed E-state index contributed by atoms with van der Waals surface area (Å²) in [5, 5.41) is 2.88. The van der Waals surface area contributed by atoms with Crippen LogP contribution >= 0.6 is 11.3 Å². The molecule has 1 aromatic heterocycles. The van der Waals surface area contributed by atoms with Gasteiger partial charge in [0.15, 0.2) is 0 Å². The Labute approximate surface area is 131 Å². The lowest BCUT2D eigenvalue weighted by atomic mass is 9.83. The van der Waals surface area contributed by atoms with E-state index in [9.17, 15) is 0 Å². The van der Waals surface area contributed by atoms with Gasteiger partial charge in [0.1, 0.15) is 0 Å². The maximum atomic E-state index is 2.30. The number of fused-ring (bicyclic) bond motifs is 3. The van der Waals surface area contributed by atoms with Crippen LogP contribution in [0.4, 0.5) is 0 Å². The topological polar surface area (TPSA) is 0 Å². The molecule has 0 unspecified atom stereocenters. The number of thiophene rings is 1. The third-order valence-corrected chi connectivity index (χ3v) is 5.34. The second-order valence-electron chi connectivity index (χ2n) is 7.96. The Morgan fingerprint density at radius 1 is 0.714 bits per heavy atom. The number of rotatable bonds is 0. The molecule has 0 amide bonds. The summed E-state index contributed by atoms with van der Waals surface area (Å²) in [5.74, 6) is 0. The van der Waals surface area contributed by atoms with Crippen molar-refractivity contribution < 1.29 is 0 Å². The molecule has 0 bridgehead atoms. The highest BCUT2D eigenvalue weighted by molar-refractivity contribution is 7.26. The monoisotopic (exact) mass is 296 g/mol. The van der Waals surface area contributed by atoms with Crippen molar-refractivity contribution in [2.45, 2.75) is 52.4 Å². The Kier molecular flexibility index (Phi) is 3.18. The molecule has 21 heavy (non-hydrogen) atoms. The van der Waals surface area contributed by atoms with E-state index in [1.165, 1.54) is 31.3 Å². The van der Waals surface area contributed by atoms with Crippen LogP contribution in [0.1, 0.15) is 52.7 Å². The highest BCUT2D eigenvalue weighted by Crippen LogP contribution is 2.43. The molecule has 110 valence electrons. The lowest BCUT2D eigenvalue weighted by Crippen LogP contribution is -2.11. The Hall–Kier alpha value is -1.34. The Morgan fingerprint density at radius 3 is 1.90 bits per heavy atom. The van der Waals surface area contributed by atoms with Gasteiger partial charge in [0.05, 0.1) is 0 Å². The third kappa shape index (κ3) is 2.38. The van der Waals surface area contributed by atoms with E-state index in [1.54, 1.807) is 0 Å². The predicted octanol–water partition coefficient (Wildman–Crippen LogP) is 6.65. The molecule has 0 aliphatic carbocycles. The number of hydrogen-bond acceptors (Lipinski definition) is 1. The van der Waals surface area contributed by atoms with Crippen molar-refractivity contribution >= 4 is 31.5 Å². The van der Waals surface area contributed by atoms with Crippen molar-refractivity contribution in [2.24, 2.45) is 0 Å².